The van der Waals surface area contributed by atoms with Gasteiger partial charge < -0.3 is 20.1 Å². The highest BCUT2D eigenvalue weighted by molar-refractivity contribution is 7.89. The van der Waals surface area contributed by atoms with Crippen LogP contribution in [0.5, 0.6) is 11.5 Å². The number of carbonyl (C=O) groups is 1. The molecule has 0 unspecified atom stereocenters. The van der Waals surface area contributed by atoms with Crippen LogP contribution < -0.4 is 15.2 Å². The average Bonchev–Trinajstić information content (AvgIpc) is 2.61. The molecule has 1 saturated heterocycles. The Bertz CT molecular complexity index is 684. The first-order valence-corrected chi connectivity index (χ1v) is 9.08. The van der Waals surface area contributed by atoms with Gasteiger partial charge in [0.2, 0.25) is 15.9 Å². The molecule has 0 aliphatic carbocycles. The van der Waals surface area contributed by atoms with Crippen molar-refractivity contribution in [2.24, 2.45) is 5.73 Å². The quantitative estimate of drug-likeness (QED) is 0.762. The van der Waals surface area contributed by atoms with Gasteiger partial charge in [-0.25, -0.2) is 8.42 Å². The Hall–Kier alpha value is -1.84. The van der Waals surface area contributed by atoms with Gasteiger partial charge >= 0.3 is 0 Å². The third-order valence-electron chi connectivity index (χ3n) is 3.94. The fourth-order valence-electron chi connectivity index (χ4n) is 2.58. The van der Waals surface area contributed by atoms with Crippen molar-refractivity contribution < 1.29 is 22.7 Å². The molecule has 1 amide bonds. The number of carbonyl (C=O) groups excluding carboxylic acids is 1. The van der Waals surface area contributed by atoms with Gasteiger partial charge in [0.15, 0.2) is 0 Å². The molecule has 0 saturated carbocycles. The molecule has 1 fully saturated rings. The predicted molar refractivity (Wildman–Crippen MR) is 88.6 cm³/mol. The van der Waals surface area contributed by atoms with Crippen molar-refractivity contribution in [2.75, 3.05) is 46.9 Å². The number of amides is 1. The summed E-state index contributed by atoms with van der Waals surface area (Å²) in [7, 11) is -0.840. The summed E-state index contributed by atoms with van der Waals surface area (Å²) in [5, 5.41) is 0. The zero-order valence-electron chi connectivity index (χ0n) is 13.9. The van der Waals surface area contributed by atoms with Gasteiger partial charge in [0, 0.05) is 45.2 Å². The lowest BCUT2D eigenvalue weighted by atomic mass is 10.3. The third kappa shape index (κ3) is 3.80. The molecule has 0 bridgehead atoms. The van der Waals surface area contributed by atoms with Crippen LogP contribution in [0.25, 0.3) is 0 Å². The second kappa shape index (κ2) is 7.82. The number of benzene rings is 1. The van der Waals surface area contributed by atoms with Crippen molar-refractivity contribution >= 4 is 15.9 Å². The topological polar surface area (TPSA) is 102 Å². The molecule has 0 spiro atoms. The first-order chi connectivity index (χ1) is 11.4. The summed E-state index contributed by atoms with van der Waals surface area (Å²) in [5.41, 5.74) is 5.39. The molecule has 134 valence electrons. The molecule has 2 N–H and O–H groups in total. The lowest BCUT2D eigenvalue weighted by Crippen LogP contribution is -2.50. The first-order valence-electron chi connectivity index (χ1n) is 7.64. The van der Waals surface area contributed by atoms with Crippen LogP contribution in [0.1, 0.15) is 6.42 Å². The normalized spacial score (nSPS) is 16.0. The minimum Gasteiger partial charge on any atom is -0.497 e. The third-order valence-corrected chi connectivity index (χ3v) is 5.86. The van der Waals surface area contributed by atoms with Gasteiger partial charge in [-0.15, -0.1) is 0 Å². The second-order valence-corrected chi connectivity index (χ2v) is 7.25. The Morgan fingerprint density at radius 1 is 1.17 bits per heavy atom. The molecular weight excluding hydrogens is 334 g/mol. The van der Waals surface area contributed by atoms with Gasteiger partial charge in [0.05, 0.1) is 14.2 Å². The molecule has 1 aliphatic heterocycles. The number of ether oxygens (including phenoxy) is 2. The van der Waals surface area contributed by atoms with Crippen LogP contribution in [0.4, 0.5) is 0 Å². The van der Waals surface area contributed by atoms with E-state index in [2.05, 4.69) is 0 Å². The van der Waals surface area contributed by atoms with Gasteiger partial charge in [-0.3, -0.25) is 4.79 Å². The van der Waals surface area contributed by atoms with Crippen molar-refractivity contribution in [2.45, 2.75) is 11.3 Å². The van der Waals surface area contributed by atoms with E-state index in [0.717, 1.165) is 0 Å². The summed E-state index contributed by atoms with van der Waals surface area (Å²) in [5.74, 6) is 0.650. The van der Waals surface area contributed by atoms with Gasteiger partial charge in [-0.05, 0) is 12.1 Å². The summed E-state index contributed by atoms with van der Waals surface area (Å²) >= 11 is 0. The molecule has 1 aromatic carbocycles. The standard InChI is InChI=1S/C15H23N3O5S/c1-22-12-3-4-13(23-2)14(11-12)24(20,21)18-9-7-17(8-10-18)15(19)5-6-16/h3-4,11H,5-10,16H2,1-2H3. The zero-order chi connectivity index (χ0) is 17.7. The van der Waals surface area contributed by atoms with E-state index in [-0.39, 0.29) is 36.1 Å². The average molecular weight is 357 g/mol. The number of piperazine rings is 1. The van der Waals surface area contributed by atoms with Crippen molar-refractivity contribution in [3.8, 4) is 11.5 Å². The Morgan fingerprint density at radius 2 is 1.83 bits per heavy atom. The van der Waals surface area contributed by atoms with Crippen LogP contribution in [-0.4, -0.2) is 70.5 Å². The van der Waals surface area contributed by atoms with E-state index in [1.54, 1.807) is 17.0 Å². The number of hydrogen-bond acceptors (Lipinski definition) is 6. The smallest absolute Gasteiger partial charge is 0.247 e. The number of nitrogens with two attached hydrogens (primary N) is 1. The van der Waals surface area contributed by atoms with Crippen LogP contribution in [-0.2, 0) is 14.8 Å². The summed E-state index contributed by atoms with van der Waals surface area (Å²) in [6.07, 6.45) is 0.274. The fraction of sp³-hybridized carbons (Fsp3) is 0.533. The van der Waals surface area contributed by atoms with Gasteiger partial charge in [-0.2, -0.15) is 4.31 Å². The molecular formula is C15H23N3O5S. The minimum atomic E-state index is -3.73. The van der Waals surface area contributed by atoms with E-state index in [4.69, 9.17) is 15.2 Å². The van der Waals surface area contributed by atoms with Crippen molar-refractivity contribution in [1.29, 1.82) is 0 Å². The molecule has 24 heavy (non-hydrogen) atoms. The molecule has 1 aromatic rings. The minimum absolute atomic E-state index is 0.0477. The van der Waals surface area contributed by atoms with Crippen LogP contribution in [0.15, 0.2) is 23.1 Å². The van der Waals surface area contributed by atoms with Crippen molar-refractivity contribution in [3.05, 3.63) is 18.2 Å². The SMILES string of the molecule is COc1ccc(OC)c(S(=O)(=O)N2CCN(C(=O)CCN)CC2)c1. The first kappa shape index (κ1) is 18.5. The maximum atomic E-state index is 12.9. The Kier molecular flexibility index (Phi) is 6.03. The Labute approximate surface area is 142 Å². The molecule has 8 nitrogen and oxygen atoms in total. The van der Waals surface area contributed by atoms with Gasteiger partial charge in [0.1, 0.15) is 16.4 Å². The summed E-state index contributed by atoms with van der Waals surface area (Å²) < 4.78 is 37.4. The largest absolute Gasteiger partial charge is 0.497 e. The van der Waals surface area contributed by atoms with Gasteiger partial charge in [-0.1, -0.05) is 0 Å². The summed E-state index contributed by atoms with van der Waals surface area (Å²) in [6.45, 7) is 1.46. The molecule has 9 heteroatoms. The lowest BCUT2D eigenvalue weighted by Gasteiger charge is -2.34. The maximum Gasteiger partial charge on any atom is 0.247 e. The van der Waals surface area contributed by atoms with Crippen LogP contribution in [0.3, 0.4) is 0 Å². The zero-order valence-corrected chi connectivity index (χ0v) is 14.7. The number of sulfonamides is 1. The van der Waals surface area contributed by atoms with E-state index >= 15 is 0 Å². The van der Waals surface area contributed by atoms with Crippen molar-refractivity contribution in [1.82, 2.24) is 9.21 Å². The molecule has 0 atom stereocenters. The predicted octanol–water partition coefficient (Wildman–Crippen LogP) is -0.114. The lowest BCUT2D eigenvalue weighted by molar-refractivity contribution is -0.132. The number of hydrogen-bond donors (Lipinski definition) is 1. The molecule has 0 radical (unpaired) electrons. The highest BCUT2D eigenvalue weighted by Crippen LogP contribution is 2.31. The van der Waals surface area contributed by atoms with Gasteiger partial charge in [0.25, 0.3) is 0 Å². The Balaban J connectivity index is 2.19. The van der Waals surface area contributed by atoms with E-state index in [1.807, 2.05) is 0 Å². The fourth-order valence-corrected chi connectivity index (χ4v) is 4.18. The summed E-state index contributed by atoms with van der Waals surface area (Å²) in [6, 6.07) is 4.65. The van der Waals surface area contributed by atoms with E-state index in [0.29, 0.717) is 25.4 Å². The highest BCUT2D eigenvalue weighted by atomic mass is 32.2. The molecule has 1 heterocycles. The van der Waals surface area contributed by atoms with E-state index in [1.165, 1.54) is 24.6 Å². The molecule has 0 aromatic heterocycles. The Morgan fingerprint density at radius 3 is 2.38 bits per heavy atom. The maximum absolute atomic E-state index is 12.9. The summed E-state index contributed by atoms with van der Waals surface area (Å²) in [4.78, 5) is 13.6. The van der Waals surface area contributed by atoms with Crippen LogP contribution in [0, 0.1) is 0 Å². The van der Waals surface area contributed by atoms with Crippen LogP contribution in [0.2, 0.25) is 0 Å². The molecule has 2 rings (SSSR count). The van der Waals surface area contributed by atoms with Crippen LogP contribution >= 0.6 is 0 Å². The molecule has 1 aliphatic rings. The second-order valence-electron chi connectivity index (χ2n) is 5.34. The number of methoxy groups -OCH3 is 2. The van der Waals surface area contributed by atoms with E-state index in [9.17, 15) is 13.2 Å². The van der Waals surface area contributed by atoms with E-state index < -0.39 is 10.0 Å². The number of nitrogens with zero attached hydrogens (tertiary/aromatic N) is 2. The van der Waals surface area contributed by atoms with Crippen molar-refractivity contribution in [3.63, 3.8) is 0 Å². The number of rotatable bonds is 6. The highest BCUT2D eigenvalue weighted by Gasteiger charge is 2.32. The monoisotopic (exact) mass is 357 g/mol.